The summed E-state index contributed by atoms with van der Waals surface area (Å²) in [4.78, 5) is 31.8. The zero-order chi connectivity index (χ0) is 21.0. The molecule has 1 aromatic carbocycles. The van der Waals surface area contributed by atoms with Crippen molar-refractivity contribution in [3.05, 3.63) is 48.2 Å². The van der Waals surface area contributed by atoms with Gasteiger partial charge >= 0.3 is 0 Å². The maximum absolute atomic E-state index is 13.4. The number of amides is 2. The van der Waals surface area contributed by atoms with Gasteiger partial charge in [-0.05, 0) is 30.9 Å². The molecule has 1 aliphatic carbocycles. The molecule has 2 saturated heterocycles. The minimum Gasteiger partial charge on any atom is -0.361 e. The van der Waals surface area contributed by atoms with Crippen molar-refractivity contribution >= 4 is 22.7 Å². The normalized spacial score (nSPS) is 32.2. The molecule has 31 heavy (non-hydrogen) atoms. The molecule has 4 heterocycles. The first-order valence-corrected chi connectivity index (χ1v) is 11.7. The van der Waals surface area contributed by atoms with Gasteiger partial charge in [-0.25, -0.2) is 0 Å². The van der Waals surface area contributed by atoms with Gasteiger partial charge in [0.25, 0.3) is 0 Å². The average Bonchev–Trinajstić information content (AvgIpc) is 3.53. The Labute approximate surface area is 182 Å². The van der Waals surface area contributed by atoms with Gasteiger partial charge < -0.3 is 19.9 Å². The van der Waals surface area contributed by atoms with E-state index >= 15 is 0 Å². The number of fused-ring (bicyclic) bond motifs is 2. The van der Waals surface area contributed by atoms with Gasteiger partial charge in [0.2, 0.25) is 11.8 Å². The van der Waals surface area contributed by atoms with E-state index in [-0.39, 0.29) is 24.0 Å². The summed E-state index contributed by atoms with van der Waals surface area (Å²) in [6.45, 7) is 1.18. The smallest absolute Gasteiger partial charge is 0.230 e. The fourth-order valence-electron chi connectivity index (χ4n) is 6.21. The molecule has 6 rings (SSSR count). The van der Waals surface area contributed by atoms with Crippen LogP contribution in [0.3, 0.4) is 0 Å². The van der Waals surface area contributed by atoms with Crippen molar-refractivity contribution in [2.75, 3.05) is 13.1 Å². The number of H-pyrrole nitrogens is 1. The van der Waals surface area contributed by atoms with Crippen molar-refractivity contribution in [1.82, 2.24) is 15.2 Å². The summed E-state index contributed by atoms with van der Waals surface area (Å²) < 4.78 is 6.27. The summed E-state index contributed by atoms with van der Waals surface area (Å²) in [5.74, 6) is -0.734. The lowest BCUT2D eigenvalue weighted by molar-refractivity contribution is -0.137. The molecule has 0 unspecified atom stereocenters. The van der Waals surface area contributed by atoms with Crippen molar-refractivity contribution in [3.63, 3.8) is 0 Å². The molecular weight excluding hydrogens is 390 g/mol. The van der Waals surface area contributed by atoms with E-state index < -0.39 is 17.4 Å². The molecule has 2 N–H and O–H groups in total. The number of aromatic amines is 1. The number of nitrogens with one attached hydrogen (secondary N) is 2. The van der Waals surface area contributed by atoms with Crippen LogP contribution in [-0.4, -0.2) is 52.5 Å². The monoisotopic (exact) mass is 419 g/mol. The maximum atomic E-state index is 13.4. The van der Waals surface area contributed by atoms with Gasteiger partial charge in [0.05, 0.1) is 24.5 Å². The van der Waals surface area contributed by atoms with Gasteiger partial charge in [0.15, 0.2) is 0 Å². The number of aromatic nitrogens is 1. The minimum absolute atomic E-state index is 0.0000430. The Bertz CT molecular complexity index is 1050. The number of benzene rings is 1. The Balaban J connectivity index is 1.17. The number of para-hydroxylation sites is 1. The van der Waals surface area contributed by atoms with Crippen LogP contribution < -0.4 is 5.32 Å². The fourth-order valence-corrected chi connectivity index (χ4v) is 6.21. The van der Waals surface area contributed by atoms with Crippen molar-refractivity contribution < 1.29 is 14.3 Å². The van der Waals surface area contributed by atoms with Gasteiger partial charge in [-0.1, -0.05) is 49.6 Å². The molecule has 4 aliphatic rings. The second kappa shape index (κ2) is 7.23. The second-order valence-corrected chi connectivity index (χ2v) is 9.61. The standard InChI is InChI=1S/C25H29N3O3/c29-23(27-17-6-2-1-3-7-17)21-20-10-12-25(31-20)15-28(24(30)22(21)25)13-11-16-14-26-19-9-5-4-8-18(16)19/h4-5,8-10,12,14,17,20-22,26H,1-3,6-7,11,13,15H2,(H,27,29)/t20-,21+,22+,25+/m0/s1. The molecular formula is C25H29N3O3. The van der Waals surface area contributed by atoms with Crippen LogP contribution in [0.25, 0.3) is 10.9 Å². The number of carbonyl (C=O) groups is 2. The molecule has 1 aromatic heterocycles. The van der Waals surface area contributed by atoms with Gasteiger partial charge in [0.1, 0.15) is 5.60 Å². The predicted molar refractivity (Wildman–Crippen MR) is 117 cm³/mol. The lowest BCUT2D eigenvalue weighted by atomic mass is 9.76. The Kier molecular flexibility index (Phi) is 4.46. The van der Waals surface area contributed by atoms with Crippen LogP contribution in [0.4, 0.5) is 0 Å². The van der Waals surface area contributed by atoms with E-state index in [0.29, 0.717) is 13.1 Å². The molecule has 2 aromatic rings. The summed E-state index contributed by atoms with van der Waals surface area (Å²) in [5.41, 5.74) is 1.70. The quantitative estimate of drug-likeness (QED) is 0.732. The fraction of sp³-hybridized carbons (Fsp3) is 0.520. The summed E-state index contributed by atoms with van der Waals surface area (Å²) in [7, 11) is 0. The number of rotatable bonds is 5. The molecule has 3 fully saturated rings. The lowest BCUT2D eigenvalue weighted by Crippen LogP contribution is -2.47. The zero-order valence-corrected chi connectivity index (χ0v) is 17.7. The third-order valence-electron chi connectivity index (χ3n) is 7.76. The van der Waals surface area contributed by atoms with E-state index in [1.807, 2.05) is 35.4 Å². The second-order valence-electron chi connectivity index (χ2n) is 9.61. The Morgan fingerprint density at radius 2 is 2.06 bits per heavy atom. The van der Waals surface area contributed by atoms with E-state index in [2.05, 4.69) is 22.4 Å². The van der Waals surface area contributed by atoms with Gasteiger partial charge in [0, 0.05) is 29.7 Å². The highest BCUT2D eigenvalue weighted by Crippen LogP contribution is 2.52. The van der Waals surface area contributed by atoms with E-state index in [4.69, 9.17) is 4.74 Å². The van der Waals surface area contributed by atoms with Crippen LogP contribution in [0.2, 0.25) is 0 Å². The van der Waals surface area contributed by atoms with Crippen LogP contribution in [0.5, 0.6) is 0 Å². The van der Waals surface area contributed by atoms with Crippen LogP contribution in [-0.2, 0) is 20.7 Å². The van der Waals surface area contributed by atoms with Crippen molar-refractivity contribution in [3.8, 4) is 0 Å². The van der Waals surface area contributed by atoms with Crippen molar-refractivity contribution in [1.29, 1.82) is 0 Å². The molecule has 1 saturated carbocycles. The average molecular weight is 420 g/mol. The number of likely N-dealkylation sites (tertiary alicyclic amines) is 1. The molecule has 6 heteroatoms. The summed E-state index contributed by atoms with van der Waals surface area (Å²) in [5, 5.41) is 4.44. The first-order valence-electron chi connectivity index (χ1n) is 11.7. The molecule has 2 bridgehead atoms. The Hall–Kier alpha value is -2.60. The van der Waals surface area contributed by atoms with Crippen molar-refractivity contribution in [2.45, 2.75) is 56.3 Å². The number of ether oxygens (including phenoxy) is 1. The van der Waals surface area contributed by atoms with E-state index in [1.54, 1.807) is 0 Å². The largest absolute Gasteiger partial charge is 0.361 e. The molecule has 1 spiro atoms. The zero-order valence-electron chi connectivity index (χ0n) is 17.7. The highest BCUT2D eigenvalue weighted by Gasteiger charge is 2.66. The lowest BCUT2D eigenvalue weighted by Gasteiger charge is -2.28. The third-order valence-corrected chi connectivity index (χ3v) is 7.76. The van der Waals surface area contributed by atoms with Gasteiger partial charge in [-0.2, -0.15) is 0 Å². The summed E-state index contributed by atoms with van der Waals surface area (Å²) >= 11 is 0. The molecule has 0 radical (unpaired) electrons. The Morgan fingerprint density at radius 3 is 2.94 bits per heavy atom. The minimum atomic E-state index is -0.628. The topological polar surface area (TPSA) is 74.4 Å². The molecule has 6 nitrogen and oxygen atoms in total. The van der Waals surface area contributed by atoms with Gasteiger partial charge in [-0.3, -0.25) is 9.59 Å². The highest BCUT2D eigenvalue weighted by atomic mass is 16.5. The van der Waals surface area contributed by atoms with Crippen LogP contribution in [0.1, 0.15) is 37.7 Å². The first-order chi connectivity index (χ1) is 15.1. The van der Waals surface area contributed by atoms with Crippen LogP contribution in [0, 0.1) is 11.8 Å². The SMILES string of the molecule is O=C(NC1CCCCC1)[C@@H]1[C@@H]2C=C[C@]3(CN(CCc4c[nH]c5ccccc45)C(=O)[C@@H]13)O2. The molecule has 4 atom stereocenters. The molecule has 2 amide bonds. The van der Waals surface area contributed by atoms with Crippen LogP contribution >= 0.6 is 0 Å². The van der Waals surface area contributed by atoms with Crippen LogP contribution in [0.15, 0.2) is 42.6 Å². The number of carbonyl (C=O) groups excluding carboxylic acids is 2. The maximum Gasteiger partial charge on any atom is 0.230 e. The molecule has 3 aliphatic heterocycles. The first kappa shape index (κ1) is 19.1. The number of hydrogen-bond acceptors (Lipinski definition) is 3. The molecule has 162 valence electrons. The van der Waals surface area contributed by atoms with Gasteiger partial charge in [-0.15, -0.1) is 0 Å². The number of nitrogens with zero attached hydrogens (tertiary/aromatic N) is 1. The van der Waals surface area contributed by atoms with E-state index in [1.165, 1.54) is 30.2 Å². The van der Waals surface area contributed by atoms with Crippen molar-refractivity contribution in [2.24, 2.45) is 11.8 Å². The highest BCUT2D eigenvalue weighted by molar-refractivity contribution is 5.93. The third kappa shape index (κ3) is 3.03. The van der Waals surface area contributed by atoms with E-state index in [9.17, 15) is 9.59 Å². The van der Waals surface area contributed by atoms with E-state index in [0.717, 1.165) is 24.8 Å². The summed E-state index contributed by atoms with van der Waals surface area (Å²) in [6.07, 6.45) is 12.3. The number of hydrogen-bond donors (Lipinski definition) is 2. The summed E-state index contributed by atoms with van der Waals surface area (Å²) in [6, 6.07) is 8.48. The predicted octanol–water partition coefficient (Wildman–Crippen LogP) is 2.94. The Morgan fingerprint density at radius 1 is 1.23 bits per heavy atom.